The zero-order valence-corrected chi connectivity index (χ0v) is 9.42. The molecule has 0 aliphatic rings. The Balaban J connectivity index is 2.25. The Labute approximate surface area is 92.6 Å². The molecule has 0 bridgehead atoms. The maximum Gasteiger partial charge on any atom is 0.327 e. The van der Waals surface area contributed by atoms with Gasteiger partial charge in [-0.05, 0) is 18.6 Å². The van der Waals surface area contributed by atoms with Gasteiger partial charge in [-0.3, -0.25) is 4.79 Å². The molecular formula is C8H14N4O2S. The number of hydrogen-bond donors (Lipinski definition) is 1. The number of aromatic nitrogens is 4. The molecule has 1 aromatic rings. The standard InChI is InChI=1S/C8H14N4O2S/c1-2-3-4-5-14-7(13)6-12-8(15)9-10-11-12/h2-6H2,1H3,(H,9,11,15). The molecule has 1 heterocycles. The van der Waals surface area contributed by atoms with Gasteiger partial charge in [-0.25, -0.2) is 4.68 Å². The fraction of sp³-hybridized carbons (Fsp3) is 0.750. The van der Waals surface area contributed by atoms with Crippen molar-refractivity contribution in [2.75, 3.05) is 6.61 Å². The van der Waals surface area contributed by atoms with Crippen LogP contribution in [0.25, 0.3) is 0 Å². The number of aromatic amines is 1. The molecule has 1 aromatic heterocycles. The number of carbonyl (C=O) groups is 1. The molecule has 0 aliphatic heterocycles. The number of nitrogens with one attached hydrogen (secondary N) is 1. The minimum absolute atomic E-state index is 0.0396. The summed E-state index contributed by atoms with van der Waals surface area (Å²) in [4.78, 5) is 11.3. The maximum absolute atomic E-state index is 11.3. The van der Waals surface area contributed by atoms with Crippen molar-refractivity contribution in [3.63, 3.8) is 0 Å². The third kappa shape index (κ3) is 4.20. The molecule has 0 saturated carbocycles. The van der Waals surface area contributed by atoms with Gasteiger partial charge in [0.1, 0.15) is 6.54 Å². The summed E-state index contributed by atoms with van der Waals surface area (Å²) in [6.07, 6.45) is 3.07. The fourth-order valence-electron chi connectivity index (χ4n) is 1.03. The number of carbonyl (C=O) groups excluding carboxylic acids is 1. The topological polar surface area (TPSA) is 72.8 Å². The van der Waals surface area contributed by atoms with Crippen LogP contribution < -0.4 is 0 Å². The zero-order valence-electron chi connectivity index (χ0n) is 8.60. The first kappa shape index (κ1) is 11.8. The second kappa shape index (κ2) is 6.28. The van der Waals surface area contributed by atoms with Gasteiger partial charge in [0.05, 0.1) is 6.61 Å². The molecule has 0 spiro atoms. The van der Waals surface area contributed by atoms with E-state index >= 15 is 0 Å². The molecule has 0 aliphatic carbocycles. The molecule has 15 heavy (non-hydrogen) atoms. The first-order valence-corrected chi connectivity index (χ1v) is 5.28. The van der Waals surface area contributed by atoms with Crippen molar-refractivity contribution in [3.05, 3.63) is 4.77 Å². The molecule has 0 amide bonds. The van der Waals surface area contributed by atoms with Gasteiger partial charge in [-0.15, -0.1) is 0 Å². The van der Waals surface area contributed by atoms with E-state index in [2.05, 4.69) is 22.4 Å². The highest BCUT2D eigenvalue weighted by molar-refractivity contribution is 7.71. The van der Waals surface area contributed by atoms with Gasteiger partial charge in [-0.1, -0.05) is 30.1 Å². The van der Waals surface area contributed by atoms with E-state index in [-0.39, 0.29) is 17.3 Å². The van der Waals surface area contributed by atoms with E-state index in [1.165, 1.54) is 4.68 Å². The predicted octanol–water partition coefficient (Wildman–Crippen LogP) is 1.07. The average molecular weight is 230 g/mol. The SMILES string of the molecule is CCCCCOC(=O)Cn1[nH]nnc1=S. The number of hydrogen-bond acceptors (Lipinski definition) is 5. The quantitative estimate of drug-likeness (QED) is 0.449. The Morgan fingerprint density at radius 1 is 1.60 bits per heavy atom. The number of unbranched alkanes of at least 4 members (excludes halogenated alkanes) is 2. The molecule has 1 rings (SSSR count). The first-order chi connectivity index (χ1) is 7.24. The predicted molar refractivity (Wildman–Crippen MR) is 55.7 cm³/mol. The molecule has 84 valence electrons. The lowest BCUT2D eigenvalue weighted by Crippen LogP contribution is -2.15. The van der Waals surface area contributed by atoms with Crippen LogP contribution in [0.15, 0.2) is 0 Å². The second-order valence-electron chi connectivity index (χ2n) is 3.10. The molecule has 0 fully saturated rings. The van der Waals surface area contributed by atoms with Gasteiger partial charge in [0.2, 0.25) is 4.77 Å². The smallest absolute Gasteiger partial charge is 0.327 e. The molecule has 6 nitrogen and oxygen atoms in total. The molecule has 0 unspecified atom stereocenters. The zero-order chi connectivity index (χ0) is 11.1. The van der Waals surface area contributed by atoms with Crippen LogP contribution in [0.3, 0.4) is 0 Å². The van der Waals surface area contributed by atoms with E-state index in [1.807, 2.05) is 0 Å². The van der Waals surface area contributed by atoms with E-state index in [1.54, 1.807) is 0 Å². The van der Waals surface area contributed by atoms with Crippen molar-refractivity contribution in [1.29, 1.82) is 0 Å². The Hall–Kier alpha value is -1.24. The molecular weight excluding hydrogens is 216 g/mol. The third-order valence-corrected chi connectivity index (χ3v) is 2.13. The van der Waals surface area contributed by atoms with E-state index in [0.29, 0.717) is 6.61 Å². The van der Waals surface area contributed by atoms with Crippen LogP contribution in [0.5, 0.6) is 0 Å². The molecule has 0 aromatic carbocycles. The summed E-state index contributed by atoms with van der Waals surface area (Å²) in [5, 5.41) is 9.49. The van der Waals surface area contributed by atoms with Crippen LogP contribution in [0.2, 0.25) is 0 Å². The summed E-state index contributed by atoms with van der Waals surface area (Å²) in [7, 11) is 0. The van der Waals surface area contributed by atoms with Crippen LogP contribution in [0.1, 0.15) is 26.2 Å². The number of ether oxygens (including phenoxy) is 1. The summed E-state index contributed by atoms with van der Waals surface area (Å²) in [5.74, 6) is -0.326. The summed E-state index contributed by atoms with van der Waals surface area (Å²) in [5.41, 5.74) is 0. The Bertz CT molecular complexity index is 360. The monoisotopic (exact) mass is 230 g/mol. The van der Waals surface area contributed by atoms with Crippen molar-refractivity contribution in [2.24, 2.45) is 0 Å². The molecule has 0 saturated heterocycles. The first-order valence-electron chi connectivity index (χ1n) is 4.87. The van der Waals surface area contributed by atoms with E-state index in [4.69, 9.17) is 17.0 Å². The van der Waals surface area contributed by atoms with Crippen LogP contribution in [0.4, 0.5) is 0 Å². The lowest BCUT2D eigenvalue weighted by Gasteiger charge is -2.03. The summed E-state index contributed by atoms with van der Waals surface area (Å²) in [6.45, 7) is 2.59. The second-order valence-corrected chi connectivity index (χ2v) is 3.46. The third-order valence-electron chi connectivity index (χ3n) is 1.83. The van der Waals surface area contributed by atoms with E-state index in [0.717, 1.165) is 19.3 Å². The summed E-state index contributed by atoms with van der Waals surface area (Å²) in [6, 6.07) is 0. The molecule has 7 heteroatoms. The highest BCUT2D eigenvalue weighted by Gasteiger charge is 2.05. The summed E-state index contributed by atoms with van der Waals surface area (Å²) < 4.78 is 6.60. The number of nitrogens with zero attached hydrogens (tertiary/aromatic N) is 3. The number of rotatable bonds is 6. The van der Waals surface area contributed by atoms with Crippen LogP contribution >= 0.6 is 12.2 Å². The number of H-pyrrole nitrogens is 1. The molecule has 0 atom stereocenters. The number of tetrazole rings is 1. The molecule has 1 N–H and O–H groups in total. The maximum atomic E-state index is 11.3. The van der Waals surface area contributed by atoms with Gasteiger partial charge in [-0.2, -0.15) is 5.21 Å². The summed E-state index contributed by atoms with van der Waals surface area (Å²) >= 11 is 4.81. The Morgan fingerprint density at radius 2 is 2.40 bits per heavy atom. The lowest BCUT2D eigenvalue weighted by atomic mass is 10.3. The van der Waals surface area contributed by atoms with Gasteiger partial charge in [0.15, 0.2) is 0 Å². The van der Waals surface area contributed by atoms with Crippen LogP contribution in [-0.4, -0.2) is 32.8 Å². The van der Waals surface area contributed by atoms with Crippen molar-refractivity contribution in [3.8, 4) is 0 Å². The van der Waals surface area contributed by atoms with Crippen molar-refractivity contribution >= 4 is 18.2 Å². The Kier molecular flexibility index (Phi) is 4.96. The van der Waals surface area contributed by atoms with Crippen LogP contribution in [0, 0.1) is 4.77 Å². The van der Waals surface area contributed by atoms with Gasteiger partial charge < -0.3 is 4.74 Å². The largest absolute Gasteiger partial charge is 0.464 e. The highest BCUT2D eigenvalue weighted by atomic mass is 32.1. The Morgan fingerprint density at radius 3 is 3.00 bits per heavy atom. The van der Waals surface area contributed by atoms with Gasteiger partial charge in [0.25, 0.3) is 0 Å². The van der Waals surface area contributed by atoms with Gasteiger partial charge in [0, 0.05) is 0 Å². The lowest BCUT2D eigenvalue weighted by molar-refractivity contribution is -0.144. The normalized spacial score (nSPS) is 10.2. The van der Waals surface area contributed by atoms with E-state index < -0.39 is 0 Å². The van der Waals surface area contributed by atoms with Crippen molar-refractivity contribution in [2.45, 2.75) is 32.7 Å². The highest BCUT2D eigenvalue weighted by Crippen LogP contribution is 1.95. The molecule has 0 radical (unpaired) electrons. The van der Waals surface area contributed by atoms with Gasteiger partial charge >= 0.3 is 5.97 Å². The minimum atomic E-state index is -0.326. The van der Waals surface area contributed by atoms with Crippen molar-refractivity contribution < 1.29 is 9.53 Å². The van der Waals surface area contributed by atoms with Crippen LogP contribution in [-0.2, 0) is 16.1 Å². The van der Waals surface area contributed by atoms with E-state index in [9.17, 15) is 4.79 Å². The minimum Gasteiger partial charge on any atom is -0.464 e. The number of esters is 1. The average Bonchev–Trinajstić information content (AvgIpc) is 2.59. The van der Waals surface area contributed by atoms with Crippen molar-refractivity contribution in [1.82, 2.24) is 20.2 Å². The fourth-order valence-corrected chi connectivity index (χ4v) is 1.18.